The second-order valence-electron chi connectivity index (χ2n) is 4.23. The minimum atomic E-state index is -0.386. The van der Waals surface area contributed by atoms with Gasteiger partial charge in [0.15, 0.2) is 0 Å². The van der Waals surface area contributed by atoms with Crippen LogP contribution in [0.5, 0.6) is 0 Å². The zero-order valence-electron chi connectivity index (χ0n) is 10.5. The molecule has 0 radical (unpaired) electrons. The van der Waals surface area contributed by atoms with Crippen molar-refractivity contribution in [3.63, 3.8) is 0 Å². The first-order valence-electron chi connectivity index (χ1n) is 5.95. The fourth-order valence-electron chi connectivity index (χ4n) is 1.85. The minimum absolute atomic E-state index is 0.109. The summed E-state index contributed by atoms with van der Waals surface area (Å²) in [7, 11) is 0. The van der Waals surface area contributed by atoms with Crippen LogP contribution in [0.25, 0.3) is 0 Å². The van der Waals surface area contributed by atoms with E-state index in [1.165, 1.54) is 6.07 Å². The number of rotatable bonds is 5. The van der Waals surface area contributed by atoms with Crippen LogP contribution in [0.1, 0.15) is 11.1 Å². The summed E-state index contributed by atoms with van der Waals surface area (Å²) in [5.41, 5.74) is 1.60. The fraction of sp³-hybridized carbons (Fsp3) is 0.143. The molecule has 0 heterocycles. The average molecular weight is 311 g/mol. The second kappa shape index (κ2) is 6.70. The highest BCUT2D eigenvalue weighted by Crippen LogP contribution is 2.21. The molecule has 0 atom stereocenters. The molecule has 0 aliphatic heterocycles. The van der Waals surface area contributed by atoms with Crippen LogP contribution in [0.2, 0.25) is 10.0 Å². The Morgan fingerprint density at radius 3 is 2.50 bits per heavy atom. The topological polar surface area (TPSA) is 55.2 Å². The van der Waals surface area contributed by atoms with Crippen molar-refractivity contribution in [3.05, 3.63) is 73.8 Å². The van der Waals surface area contributed by atoms with Gasteiger partial charge in [-0.2, -0.15) is 0 Å². The monoisotopic (exact) mass is 310 g/mol. The Hall–Kier alpha value is -1.62. The van der Waals surface area contributed by atoms with Gasteiger partial charge < -0.3 is 5.32 Å². The quantitative estimate of drug-likeness (QED) is 0.665. The molecule has 0 saturated heterocycles. The molecule has 0 unspecified atom stereocenters. The third-order valence-corrected chi connectivity index (χ3v) is 3.43. The van der Waals surface area contributed by atoms with Gasteiger partial charge in [0.05, 0.1) is 4.92 Å². The summed E-state index contributed by atoms with van der Waals surface area (Å²) in [5.74, 6) is 0. The van der Waals surface area contributed by atoms with Crippen molar-refractivity contribution < 1.29 is 4.92 Å². The van der Waals surface area contributed by atoms with E-state index in [9.17, 15) is 10.1 Å². The van der Waals surface area contributed by atoms with E-state index in [1.54, 1.807) is 36.4 Å². The van der Waals surface area contributed by atoms with E-state index in [-0.39, 0.29) is 10.6 Å². The molecule has 0 bridgehead atoms. The van der Waals surface area contributed by atoms with Crippen LogP contribution in [0.15, 0.2) is 42.5 Å². The van der Waals surface area contributed by atoms with Crippen LogP contribution in [-0.2, 0) is 13.1 Å². The van der Waals surface area contributed by atoms with Crippen LogP contribution in [0, 0.1) is 10.1 Å². The van der Waals surface area contributed by atoms with E-state index < -0.39 is 0 Å². The molecule has 0 saturated carbocycles. The Labute approximate surface area is 126 Å². The number of hydrogen-bond acceptors (Lipinski definition) is 3. The van der Waals surface area contributed by atoms with E-state index in [0.717, 1.165) is 5.56 Å². The predicted molar refractivity (Wildman–Crippen MR) is 80.1 cm³/mol. The number of nitrogens with one attached hydrogen (secondary N) is 1. The molecule has 1 N–H and O–H groups in total. The van der Waals surface area contributed by atoms with Gasteiger partial charge in [-0.05, 0) is 23.8 Å². The van der Waals surface area contributed by atoms with Crippen molar-refractivity contribution >= 4 is 28.9 Å². The van der Waals surface area contributed by atoms with E-state index in [1.807, 2.05) is 0 Å². The Kier molecular flexibility index (Phi) is 4.95. The molecule has 0 aromatic heterocycles. The lowest BCUT2D eigenvalue weighted by Crippen LogP contribution is -2.14. The first-order chi connectivity index (χ1) is 9.58. The largest absolute Gasteiger partial charge is 0.308 e. The summed E-state index contributed by atoms with van der Waals surface area (Å²) in [4.78, 5) is 10.5. The molecule has 0 spiro atoms. The normalized spacial score (nSPS) is 10.5. The number of nitrogens with zero attached hydrogens (tertiary/aromatic N) is 1. The van der Waals surface area contributed by atoms with Crippen LogP contribution >= 0.6 is 23.2 Å². The third-order valence-electron chi connectivity index (χ3n) is 2.83. The van der Waals surface area contributed by atoms with Crippen molar-refractivity contribution in [2.75, 3.05) is 0 Å². The molecule has 4 nitrogen and oxygen atoms in total. The van der Waals surface area contributed by atoms with Gasteiger partial charge >= 0.3 is 0 Å². The Morgan fingerprint density at radius 2 is 1.75 bits per heavy atom. The summed E-state index contributed by atoms with van der Waals surface area (Å²) in [6.45, 7) is 0.880. The summed E-state index contributed by atoms with van der Waals surface area (Å²) in [5, 5.41) is 15.3. The van der Waals surface area contributed by atoms with Gasteiger partial charge in [0.25, 0.3) is 5.69 Å². The molecule has 2 rings (SSSR count). The molecule has 6 heteroatoms. The zero-order valence-corrected chi connectivity index (χ0v) is 12.0. The van der Waals surface area contributed by atoms with Gasteiger partial charge in [0, 0.05) is 34.8 Å². The van der Waals surface area contributed by atoms with Crippen LogP contribution in [0.3, 0.4) is 0 Å². The number of nitro benzene ring substituents is 1. The van der Waals surface area contributed by atoms with E-state index >= 15 is 0 Å². The average Bonchev–Trinajstić information content (AvgIpc) is 2.43. The molecule has 104 valence electrons. The van der Waals surface area contributed by atoms with Crippen LogP contribution in [-0.4, -0.2) is 4.92 Å². The first-order valence-corrected chi connectivity index (χ1v) is 6.70. The van der Waals surface area contributed by atoms with Crippen molar-refractivity contribution in [1.82, 2.24) is 5.32 Å². The van der Waals surface area contributed by atoms with E-state index in [4.69, 9.17) is 23.2 Å². The summed E-state index contributed by atoms with van der Waals surface area (Å²) in [6.07, 6.45) is 0. The summed E-state index contributed by atoms with van der Waals surface area (Å²) < 4.78 is 0. The highest BCUT2D eigenvalue weighted by Gasteiger charge is 2.11. The van der Waals surface area contributed by atoms with Crippen LogP contribution < -0.4 is 5.32 Å². The van der Waals surface area contributed by atoms with Crippen molar-refractivity contribution in [2.24, 2.45) is 0 Å². The maximum absolute atomic E-state index is 10.9. The van der Waals surface area contributed by atoms with Crippen LogP contribution in [0.4, 0.5) is 5.69 Å². The SMILES string of the molecule is O=[N+]([O-])c1ccccc1CNCc1cc(Cl)ccc1Cl. The van der Waals surface area contributed by atoms with Crippen molar-refractivity contribution in [1.29, 1.82) is 0 Å². The van der Waals surface area contributed by atoms with Gasteiger partial charge in [0.1, 0.15) is 0 Å². The first kappa shape index (κ1) is 14.8. The fourth-order valence-corrected chi connectivity index (χ4v) is 2.23. The molecule has 0 aliphatic rings. The van der Waals surface area contributed by atoms with Gasteiger partial charge in [0.2, 0.25) is 0 Å². The lowest BCUT2D eigenvalue weighted by Gasteiger charge is -2.07. The van der Waals surface area contributed by atoms with Crippen molar-refractivity contribution in [2.45, 2.75) is 13.1 Å². The van der Waals surface area contributed by atoms with Gasteiger partial charge in [-0.1, -0.05) is 41.4 Å². The molecule has 20 heavy (non-hydrogen) atoms. The number of halogens is 2. The smallest absolute Gasteiger partial charge is 0.273 e. The summed E-state index contributed by atoms with van der Waals surface area (Å²) in [6, 6.07) is 11.9. The molecule has 0 aliphatic carbocycles. The molecule has 2 aromatic rings. The molecular weight excluding hydrogens is 299 g/mol. The minimum Gasteiger partial charge on any atom is -0.308 e. The molecule has 0 fully saturated rings. The summed E-state index contributed by atoms with van der Waals surface area (Å²) >= 11 is 12.0. The third kappa shape index (κ3) is 3.70. The van der Waals surface area contributed by atoms with Gasteiger partial charge in [-0.15, -0.1) is 0 Å². The second-order valence-corrected chi connectivity index (χ2v) is 5.07. The lowest BCUT2D eigenvalue weighted by atomic mass is 10.1. The lowest BCUT2D eigenvalue weighted by molar-refractivity contribution is -0.385. The Morgan fingerprint density at radius 1 is 1.05 bits per heavy atom. The Bertz CT molecular complexity index is 632. The van der Waals surface area contributed by atoms with E-state index in [2.05, 4.69) is 5.32 Å². The van der Waals surface area contributed by atoms with E-state index in [0.29, 0.717) is 28.7 Å². The number of hydrogen-bond donors (Lipinski definition) is 1. The molecular formula is C14H12Cl2N2O2. The zero-order chi connectivity index (χ0) is 14.5. The standard InChI is InChI=1S/C14H12Cl2N2O2/c15-12-5-6-13(16)11(7-12)9-17-8-10-3-1-2-4-14(10)18(19)20/h1-7,17H,8-9H2. The maximum atomic E-state index is 10.9. The highest BCUT2D eigenvalue weighted by molar-refractivity contribution is 6.33. The number of benzene rings is 2. The van der Waals surface area contributed by atoms with Gasteiger partial charge in [-0.3, -0.25) is 10.1 Å². The predicted octanol–water partition coefficient (Wildman–Crippen LogP) is 4.19. The van der Waals surface area contributed by atoms with Crippen molar-refractivity contribution in [3.8, 4) is 0 Å². The molecule has 0 amide bonds. The highest BCUT2D eigenvalue weighted by atomic mass is 35.5. The number of para-hydroxylation sites is 1. The maximum Gasteiger partial charge on any atom is 0.273 e. The Balaban J connectivity index is 2.03. The van der Waals surface area contributed by atoms with Gasteiger partial charge in [-0.25, -0.2) is 0 Å². The number of nitro groups is 1. The molecule has 2 aromatic carbocycles.